The van der Waals surface area contributed by atoms with Gasteiger partial charge in [0.15, 0.2) is 5.44 Å². The van der Waals surface area contributed by atoms with Crippen LogP contribution in [0.1, 0.15) is 32.6 Å². The van der Waals surface area contributed by atoms with Crippen molar-refractivity contribution in [2.24, 2.45) is 0 Å². The number of rotatable bonds is 6. The van der Waals surface area contributed by atoms with Crippen molar-refractivity contribution in [3.63, 3.8) is 0 Å². The largest absolute Gasteiger partial charge is 0.375 e. The Balaban J connectivity index is 3.55. The fourth-order valence-corrected chi connectivity index (χ4v) is 1.36. The van der Waals surface area contributed by atoms with Crippen molar-refractivity contribution in [2.75, 3.05) is 0 Å². The molecular weight excluding hydrogens is 192 g/mol. The summed E-state index contributed by atoms with van der Waals surface area (Å²) in [7, 11) is -4.26. The van der Waals surface area contributed by atoms with Gasteiger partial charge in [-0.25, -0.2) is 0 Å². The molecule has 0 aromatic rings. The zero-order valence-electron chi connectivity index (χ0n) is 7.68. The van der Waals surface area contributed by atoms with Gasteiger partial charge in [0.05, 0.1) is 0 Å². The van der Waals surface area contributed by atoms with Crippen molar-refractivity contribution < 1.29 is 18.1 Å². The summed E-state index contributed by atoms with van der Waals surface area (Å²) in [5.74, 6) is 0. The maximum atomic E-state index is 10.3. The van der Waals surface area contributed by atoms with Crippen LogP contribution in [0.3, 0.4) is 0 Å². The summed E-state index contributed by atoms with van der Waals surface area (Å²) in [6, 6.07) is 0. The van der Waals surface area contributed by atoms with Crippen LogP contribution < -0.4 is 0 Å². The first-order valence-corrected chi connectivity index (χ1v) is 5.74. The van der Waals surface area contributed by atoms with E-state index in [1.807, 2.05) is 19.1 Å². The molecule has 0 aliphatic carbocycles. The second-order valence-corrected chi connectivity index (χ2v) is 4.40. The van der Waals surface area contributed by atoms with Crippen LogP contribution in [-0.4, -0.2) is 23.5 Å². The van der Waals surface area contributed by atoms with E-state index in [1.54, 1.807) is 0 Å². The Morgan fingerprint density at radius 3 is 2.46 bits per heavy atom. The summed E-state index contributed by atoms with van der Waals surface area (Å²) in [5, 5.41) is 8.89. The maximum Gasteiger partial charge on any atom is 0.291 e. The molecule has 0 aliphatic rings. The van der Waals surface area contributed by atoms with Crippen molar-refractivity contribution in [1.29, 1.82) is 0 Å². The van der Waals surface area contributed by atoms with Gasteiger partial charge in [-0.05, 0) is 32.6 Å². The molecule has 0 saturated carbocycles. The van der Waals surface area contributed by atoms with Gasteiger partial charge < -0.3 is 5.11 Å². The van der Waals surface area contributed by atoms with E-state index >= 15 is 0 Å². The van der Waals surface area contributed by atoms with Gasteiger partial charge in [0.25, 0.3) is 10.1 Å². The number of aliphatic hydroxyl groups is 1. The van der Waals surface area contributed by atoms with Crippen LogP contribution in [0, 0.1) is 0 Å². The molecule has 1 atom stereocenters. The standard InChI is InChI=1S/C8H16O4S/c1-2-3-4-5-6-7-8(9)13(10,11)12/h2-3,8-9H,4-7H2,1H3,(H,10,11,12). The summed E-state index contributed by atoms with van der Waals surface area (Å²) in [4.78, 5) is 0. The van der Waals surface area contributed by atoms with E-state index in [1.165, 1.54) is 0 Å². The predicted molar refractivity (Wildman–Crippen MR) is 50.8 cm³/mol. The lowest BCUT2D eigenvalue weighted by molar-refractivity contribution is 0.220. The van der Waals surface area contributed by atoms with Crippen LogP contribution in [0.2, 0.25) is 0 Å². The summed E-state index contributed by atoms with van der Waals surface area (Å²) in [6.45, 7) is 1.91. The molecule has 0 aliphatic heterocycles. The number of aliphatic hydroxyl groups excluding tert-OH is 1. The van der Waals surface area contributed by atoms with E-state index < -0.39 is 15.6 Å². The van der Waals surface area contributed by atoms with Gasteiger partial charge in [-0.15, -0.1) is 0 Å². The first kappa shape index (κ1) is 12.6. The Bertz CT molecular complexity index is 243. The number of hydrogen-bond donors (Lipinski definition) is 2. The molecule has 0 bridgehead atoms. The molecule has 0 saturated heterocycles. The zero-order valence-corrected chi connectivity index (χ0v) is 8.50. The third-order valence-corrected chi connectivity index (χ3v) is 2.57. The van der Waals surface area contributed by atoms with Crippen LogP contribution in [0.5, 0.6) is 0 Å². The first-order valence-electron chi connectivity index (χ1n) is 4.24. The Kier molecular flexibility index (Phi) is 5.94. The van der Waals surface area contributed by atoms with Crippen LogP contribution in [-0.2, 0) is 10.1 Å². The minimum Gasteiger partial charge on any atom is -0.375 e. The van der Waals surface area contributed by atoms with Crippen molar-refractivity contribution in [1.82, 2.24) is 0 Å². The van der Waals surface area contributed by atoms with Crippen LogP contribution in [0.15, 0.2) is 12.2 Å². The molecule has 78 valence electrons. The molecule has 0 amide bonds. The van der Waals surface area contributed by atoms with Gasteiger partial charge in [0.1, 0.15) is 0 Å². The molecule has 13 heavy (non-hydrogen) atoms. The summed E-state index contributed by atoms with van der Waals surface area (Å²) in [6.07, 6.45) is 6.26. The lowest BCUT2D eigenvalue weighted by Gasteiger charge is -2.05. The van der Waals surface area contributed by atoms with Crippen LogP contribution in [0.25, 0.3) is 0 Å². The highest BCUT2D eigenvalue weighted by Gasteiger charge is 2.17. The zero-order chi connectivity index (χ0) is 10.3. The van der Waals surface area contributed by atoms with Crippen molar-refractivity contribution in [3.05, 3.63) is 12.2 Å². The molecule has 2 N–H and O–H groups in total. The second-order valence-electron chi connectivity index (χ2n) is 2.82. The van der Waals surface area contributed by atoms with E-state index in [0.29, 0.717) is 6.42 Å². The molecule has 1 unspecified atom stereocenters. The Morgan fingerprint density at radius 2 is 2.00 bits per heavy atom. The molecule has 0 fully saturated rings. The summed E-state index contributed by atoms with van der Waals surface area (Å²) >= 11 is 0. The monoisotopic (exact) mass is 208 g/mol. The molecule has 0 radical (unpaired) electrons. The molecular formula is C8H16O4S. The molecule has 0 aromatic carbocycles. The fraction of sp³-hybridized carbons (Fsp3) is 0.750. The Hall–Kier alpha value is -0.390. The van der Waals surface area contributed by atoms with E-state index in [0.717, 1.165) is 12.8 Å². The third-order valence-electron chi connectivity index (χ3n) is 1.65. The average molecular weight is 208 g/mol. The van der Waals surface area contributed by atoms with Crippen LogP contribution in [0.4, 0.5) is 0 Å². The van der Waals surface area contributed by atoms with Gasteiger partial charge in [-0.2, -0.15) is 8.42 Å². The SMILES string of the molecule is CC=CCCCCC(O)S(=O)(=O)O. The smallest absolute Gasteiger partial charge is 0.291 e. The third kappa shape index (κ3) is 6.74. The van der Waals surface area contributed by atoms with Gasteiger partial charge >= 0.3 is 0 Å². The van der Waals surface area contributed by atoms with Crippen molar-refractivity contribution >= 4 is 10.1 Å². The van der Waals surface area contributed by atoms with Crippen molar-refractivity contribution in [3.8, 4) is 0 Å². The number of hydrogen-bond acceptors (Lipinski definition) is 3. The van der Waals surface area contributed by atoms with Gasteiger partial charge in [-0.1, -0.05) is 12.2 Å². The van der Waals surface area contributed by atoms with E-state index in [9.17, 15) is 8.42 Å². The molecule has 0 heterocycles. The number of unbranched alkanes of at least 4 members (excludes halogenated alkanes) is 2. The molecule has 0 rings (SSSR count). The fourth-order valence-electron chi connectivity index (χ4n) is 0.897. The lowest BCUT2D eigenvalue weighted by atomic mass is 10.2. The normalized spacial score (nSPS) is 15.0. The highest BCUT2D eigenvalue weighted by molar-refractivity contribution is 7.86. The van der Waals surface area contributed by atoms with Crippen molar-refractivity contribution in [2.45, 2.75) is 38.0 Å². The highest BCUT2D eigenvalue weighted by atomic mass is 32.2. The minimum atomic E-state index is -4.26. The Morgan fingerprint density at radius 1 is 1.38 bits per heavy atom. The van der Waals surface area contributed by atoms with Gasteiger partial charge in [-0.3, -0.25) is 4.55 Å². The van der Waals surface area contributed by atoms with E-state index in [2.05, 4.69) is 0 Å². The predicted octanol–water partition coefficient (Wildman–Crippen LogP) is 1.33. The molecule has 0 aromatic heterocycles. The van der Waals surface area contributed by atoms with Gasteiger partial charge in [0.2, 0.25) is 0 Å². The maximum absolute atomic E-state index is 10.3. The molecule has 0 spiro atoms. The number of allylic oxidation sites excluding steroid dienone is 2. The summed E-state index contributed by atoms with van der Waals surface area (Å²) in [5.41, 5.74) is -1.63. The average Bonchev–Trinajstić information content (AvgIpc) is 2.02. The van der Waals surface area contributed by atoms with E-state index in [-0.39, 0.29) is 6.42 Å². The molecule has 5 heteroatoms. The topological polar surface area (TPSA) is 74.6 Å². The quantitative estimate of drug-likeness (QED) is 0.392. The van der Waals surface area contributed by atoms with Crippen LogP contribution >= 0.6 is 0 Å². The van der Waals surface area contributed by atoms with Gasteiger partial charge in [0, 0.05) is 0 Å². The summed E-state index contributed by atoms with van der Waals surface area (Å²) < 4.78 is 29.1. The first-order chi connectivity index (χ1) is 5.98. The highest BCUT2D eigenvalue weighted by Crippen LogP contribution is 2.07. The Labute approximate surface area is 79.0 Å². The second kappa shape index (κ2) is 6.12. The van der Waals surface area contributed by atoms with E-state index in [4.69, 9.17) is 9.66 Å². The lowest BCUT2D eigenvalue weighted by Crippen LogP contribution is -2.19. The molecule has 4 nitrogen and oxygen atoms in total. The minimum absolute atomic E-state index is 0.0936.